The van der Waals surface area contributed by atoms with E-state index in [1.165, 1.54) is 11.8 Å². The van der Waals surface area contributed by atoms with Crippen LogP contribution in [0, 0.1) is 0 Å². The minimum Gasteiger partial charge on any atom is -0.484 e. The molecule has 10 heteroatoms. The summed E-state index contributed by atoms with van der Waals surface area (Å²) < 4.78 is 11.7. The Morgan fingerprint density at radius 1 is 1.27 bits per heavy atom. The van der Waals surface area contributed by atoms with Gasteiger partial charge >= 0.3 is 0 Å². The summed E-state index contributed by atoms with van der Waals surface area (Å²) in [7, 11) is 0. The SMILES string of the molecule is O=C(COc1ccc(/C=C2\SC(=S)N(C[C@H]3CCCO3)C2=O)cc1)Nc1cccc(Cl)c1Cl. The number of carbonyl (C=O) groups excluding carboxylic acids is 2. The number of anilines is 1. The molecule has 0 aliphatic carbocycles. The fraction of sp³-hybridized carbons (Fsp3) is 0.261. The molecule has 33 heavy (non-hydrogen) atoms. The maximum absolute atomic E-state index is 12.8. The fourth-order valence-corrected chi connectivity index (χ4v) is 5.02. The van der Waals surface area contributed by atoms with Crippen molar-refractivity contribution in [1.29, 1.82) is 0 Å². The van der Waals surface area contributed by atoms with Crippen molar-refractivity contribution in [2.75, 3.05) is 25.1 Å². The van der Waals surface area contributed by atoms with Gasteiger partial charge in [0.15, 0.2) is 6.61 Å². The zero-order valence-electron chi connectivity index (χ0n) is 17.4. The summed E-state index contributed by atoms with van der Waals surface area (Å²) in [5.74, 6) is 0.0563. The van der Waals surface area contributed by atoms with Gasteiger partial charge in [-0.3, -0.25) is 14.5 Å². The molecule has 1 N–H and O–H groups in total. The van der Waals surface area contributed by atoms with Crippen LogP contribution in [0.4, 0.5) is 5.69 Å². The molecule has 0 saturated carbocycles. The summed E-state index contributed by atoms with van der Waals surface area (Å²) in [6.07, 6.45) is 3.81. The van der Waals surface area contributed by atoms with Crippen LogP contribution in [0.5, 0.6) is 5.75 Å². The first-order chi connectivity index (χ1) is 15.9. The van der Waals surface area contributed by atoms with E-state index in [0.29, 0.717) is 32.2 Å². The standard InChI is InChI=1S/C23H20Cl2N2O4S2/c24-17-4-1-5-18(21(17)25)26-20(28)13-31-15-8-6-14(7-9-15)11-19-22(29)27(23(32)33-19)12-16-3-2-10-30-16/h1,4-9,11,16H,2-3,10,12-13H2,(H,26,28)/b19-11-/t16-/m1/s1. The van der Waals surface area contributed by atoms with E-state index in [4.69, 9.17) is 44.9 Å². The van der Waals surface area contributed by atoms with Crippen molar-refractivity contribution in [2.24, 2.45) is 0 Å². The molecule has 1 atom stereocenters. The average molecular weight is 523 g/mol. The van der Waals surface area contributed by atoms with Crippen molar-refractivity contribution in [3.05, 3.63) is 63.0 Å². The van der Waals surface area contributed by atoms with Crippen molar-refractivity contribution >= 4 is 75.1 Å². The molecule has 0 aromatic heterocycles. The minimum atomic E-state index is -0.363. The molecule has 2 aromatic carbocycles. The van der Waals surface area contributed by atoms with Crippen molar-refractivity contribution < 1.29 is 19.1 Å². The van der Waals surface area contributed by atoms with Gasteiger partial charge in [0.25, 0.3) is 11.8 Å². The van der Waals surface area contributed by atoms with Crippen molar-refractivity contribution in [1.82, 2.24) is 4.90 Å². The lowest BCUT2D eigenvalue weighted by Crippen LogP contribution is -2.35. The van der Waals surface area contributed by atoms with Gasteiger partial charge in [0.2, 0.25) is 0 Å². The van der Waals surface area contributed by atoms with Gasteiger partial charge < -0.3 is 14.8 Å². The highest BCUT2D eigenvalue weighted by Crippen LogP contribution is 2.34. The van der Waals surface area contributed by atoms with E-state index in [2.05, 4.69) is 5.32 Å². The van der Waals surface area contributed by atoms with Crippen molar-refractivity contribution in [2.45, 2.75) is 18.9 Å². The number of nitrogens with one attached hydrogen (secondary N) is 1. The summed E-state index contributed by atoms with van der Waals surface area (Å²) in [6, 6.07) is 12.1. The molecule has 0 spiro atoms. The Morgan fingerprint density at radius 2 is 2.06 bits per heavy atom. The van der Waals surface area contributed by atoms with Gasteiger partial charge in [0.05, 0.1) is 33.3 Å². The summed E-state index contributed by atoms with van der Waals surface area (Å²) in [6.45, 7) is 1.04. The van der Waals surface area contributed by atoms with Crippen LogP contribution in [-0.4, -0.2) is 46.9 Å². The van der Waals surface area contributed by atoms with E-state index in [0.717, 1.165) is 25.0 Å². The molecule has 2 aliphatic heterocycles. The van der Waals surface area contributed by atoms with E-state index in [1.807, 2.05) is 12.1 Å². The first-order valence-electron chi connectivity index (χ1n) is 10.2. The number of halogens is 2. The summed E-state index contributed by atoms with van der Waals surface area (Å²) in [4.78, 5) is 27.1. The molecule has 2 saturated heterocycles. The molecule has 2 aliphatic rings. The zero-order chi connectivity index (χ0) is 23.4. The third kappa shape index (κ3) is 6.07. The molecule has 4 rings (SSSR count). The predicted octanol–water partition coefficient (Wildman–Crippen LogP) is 5.39. The third-order valence-corrected chi connectivity index (χ3v) is 7.25. The fourth-order valence-electron chi connectivity index (χ4n) is 3.40. The molecule has 0 radical (unpaired) electrons. The molecule has 6 nitrogen and oxygen atoms in total. The molecule has 0 unspecified atom stereocenters. The largest absolute Gasteiger partial charge is 0.484 e. The number of carbonyl (C=O) groups is 2. The Balaban J connectivity index is 1.32. The third-order valence-electron chi connectivity index (χ3n) is 5.06. The quantitative estimate of drug-likeness (QED) is 0.388. The van der Waals surface area contributed by atoms with Crippen LogP contribution in [0.2, 0.25) is 10.0 Å². The van der Waals surface area contributed by atoms with Crippen LogP contribution in [0.25, 0.3) is 6.08 Å². The zero-order valence-corrected chi connectivity index (χ0v) is 20.5. The number of hydrogen-bond donors (Lipinski definition) is 1. The lowest BCUT2D eigenvalue weighted by atomic mass is 10.2. The van der Waals surface area contributed by atoms with Crippen LogP contribution in [-0.2, 0) is 14.3 Å². The highest BCUT2D eigenvalue weighted by Gasteiger charge is 2.34. The second-order valence-corrected chi connectivity index (χ2v) is 9.90. The van der Waals surface area contributed by atoms with Crippen LogP contribution in [0.3, 0.4) is 0 Å². The number of nitrogens with zero attached hydrogens (tertiary/aromatic N) is 1. The number of thiocarbonyl (C=S) groups is 1. The van der Waals surface area contributed by atoms with E-state index in [-0.39, 0.29) is 29.5 Å². The molecule has 2 heterocycles. The van der Waals surface area contributed by atoms with Crippen LogP contribution < -0.4 is 10.1 Å². The van der Waals surface area contributed by atoms with Gasteiger partial charge in [-0.1, -0.05) is 65.4 Å². The number of thioether (sulfide) groups is 1. The lowest BCUT2D eigenvalue weighted by Gasteiger charge is -2.18. The molecule has 2 aromatic rings. The van der Waals surface area contributed by atoms with Gasteiger partial charge in [0.1, 0.15) is 10.1 Å². The first kappa shape index (κ1) is 24.0. The summed E-state index contributed by atoms with van der Waals surface area (Å²) in [5.41, 5.74) is 1.25. The number of amides is 2. The van der Waals surface area contributed by atoms with E-state index in [1.54, 1.807) is 41.3 Å². The number of benzene rings is 2. The molecular weight excluding hydrogens is 503 g/mol. The van der Waals surface area contributed by atoms with Gasteiger partial charge in [-0.05, 0) is 48.7 Å². The minimum absolute atomic E-state index is 0.0513. The summed E-state index contributed by atoms with van der Waals surface area (Å²) >= 11 is 18.7. The van der Waals surface area contributed by atoms with Crippen LogP contribution >= 0.6 is 47.2 Å². The second-order valence-electron chi connectivity index (χ2n) is 7.43. The number of rotatable bonds is 7. The number of hydrogen-bond acceptors (Lipinski definition) is 6. The topological polar surface area (TPSA) is 67.9 Å². The molecule has 0 bridgehead atoms. The molecule has 2 amide bonds. The normalized spacial score (nSPS) is 19.4. The van der Waals surface area contributed by atoms with Crippen LogP contribution in [0.1, 0.15) is 18.4 Å². The van der Waals surface area contributed by atoms with E-state index < -0.39 is 0 Å². The average Bonchev–Trinajstić information content (AvgIpc) is 3.41. The number of ether oxygens (including phenoxy) is 2. The monoisotopic (exact) mass is 522 g/mol. The van der Waals surface area contributed by atoms with Gasteiger partial charge in [-0.2, -0.15) is 0 Å². The second kappa shape index (κ2) is 10.9. The predicted molar refractivity (Wildman–Crippen MR) is 136 cm³/mol. The Labute approximate surface area is 211 Å². The van der Waals surface area contributed by atoms with E-state index >= 15 is 0 Å². The Morgan fingerprint density at radius 3 is 2.79 bits per heavy atom. The van der Waals surface area contributed by atoms with E-state index in [9.17, 15) is 9.59 Å². The first-order valence-corrected chi connectivity index (χ1v) is 12.2. The molecule has 172 valence electrons. The maximum atomic E-state index is 12.8. The lowest BCUT2D eigenvalue weighted by molar-refractivity contribution is -0.123. The van der Waals surface area contributed by atoms with Crippen molar-refractivity contribution in [3.8, 4) is 5.75 Å². The Bertz CT molecular complexity index is 1100. The van der Waals surface area contributed by atoms with Crippen LogP contribution in [0.15, 0.2) is 47.4 Å². The Kier molecular flexibility index (Phi) is 7.93. The van der Waals surface area contributed by atoms with Gasteiger partial charge in [-0.15, -0.1) is 0 Å². The van der Waals surface area contributed by atoms with Gasteiger partial charge in [0, 0.05) is 6.61 Å². The maximum Gasteiger partial charge on any atom is 0.266 e. The summed E-state index contributed by atoms with van der Waals surface area (Å²) in [5, 5.41) is 3.30. The Hall–Kier alpha value is -2.10. The molecular formula is C23H20Cl2N2O4S2. The van der Waals surface area contributed by atoms with Gasteiger partial charge in [-0.25, -0.2) is 0 Å². The smallest absolute Gasteiger partial charge is 0.266 e. The highest BCUT2D eigenvalue weighted by atomic mass is 35.5. The van der Waals surface area contributed by atoms with Crippen molar-refractivity contribution in [3.63, 3.8) is 0 Å². The highest BCUT2D eigenvalue weighted by molar-refractivity contribution is 8.26. The molecule has 2 fully saturated rings.